The molecule has 1 aliphatic heterocycles. The summed E-state index contributed by atoms with van der Waals surface area (Å²) in [6.45, 7) is 1.77. The summed E-state index contributed by atoms with van der Waals surface area (Å²) in [4.78, 5) is 12.3. The van der Waals surface area contributed by atoms with Gasteiger partial charge in [-0.25, -0.2) is 17.5 Å². The molecule has 1 aliphatic rings. The third kappa shape index (κ3) is 4.19. The SMILES string of the molecule is Cc1cc(NC(=O)Cc2ccc(F)c(Cl)c2)n(C2CCS(=O)(=O)C2)n1. The average Bonchev–Trinajstić information content (AvgIpc) is 3.05. The zero-order chi connectivity index (χ0) is 18.2. The van der Waals surface area contributed by atoms with Gasteiger partial charge in [-0.2, -0.15) is 5.10 Å². The van der Waals surface area contributed by atoms with Gasteiger partial charge in [-0.05, 0) is 31.0 Å². The van der Waals surface area contributed by atoms with Crippen LogP contribution in [0, 0.1) is 12.7 Å². The molecular weight excluding hydrogens is 369 g/mol. The van der Waals surface area contributed by atoms with Crippen LogP contribution in [-0.4, -0.2) is 35.6 Å². The maximum atomic E-state index is 13.2. The van der Waals surface area contributed by atoms with E-state index < -0.39 is 15.7 Å². The van der Waals surface area contributed by atoms with Crippen LogP contribution in [0.4, 0.5) is 10.2 Å². The Morgan fingerprint density at radius 3 is 2.84 bits per heavy atom. The predicted octanol–water partition coefficient (Wildman–Crippen LogP) is 2.52. The highest BCUT2D eigenvalue weighted by Gasteiger charge is 2.31. The lowest BCUT2D eigenvalue weighted by Gasteiger charge is -2.14. The summed E-state index contributed by atoms with van der Waals surface area (Å²) in [5.74, 6) is -0.257. The highest BCUT2D eigenvalue weighted by atomic mass is 35.5. The fourth-order valence-electron chi connectivity index (χ4n) is 2.88. The van der Waals surface area contributed by atoms with Crippen LogP contribution in [0.15, 0.2) is 24.3 Å². The molecule has 1 amide bonds. The van der Waals surface area contributed by atoms with E-state index >= 15 is 0 Å². The third-order valence-electron chi connectivity index (χ3n) is 4.03. The predicted molar refractivity (Wildman–Crippen MR) is 93.0 cm³/mol. The van der Waals surface area contributed by atoms with Crippen molar-refractivity contribution in [2.75, 3.05) is 16.8 Å². The van der Waals surface area contributed by atoms with Gasteiger partial charge in [0.1, 0.15) is 11.6 Å². The molecule has 0 aliphatic carbocycles. The van der Waals surface area contributed by atoms with Gasteiger partial charge >= 0.3 is 0 Å². The van der Waals surface area contributed by atoms with E-state index in [9.17, 15) is 17.6 Å². The lowest BCUT2D eigenvalue weighted by Crippen LogP contribution is -2.20. The van der Waals surface area contributed by atoms with E-state index in [4.69, 9.17) is 11.6 Å². The number of carbonyl (C=O) groups excluding carboxylic acids is 1. The van der Waals surface area contributed by atoms with E-state index in [0.29, 0.717) is 23.5 Å². The summed E-state index contributed by atoms with van der Waals surface area (Å²) in [6, 6.07) is 5.52. The second-order valence-corrected chi connectivity index (χ2v) is 8.78. The van der Waals surface area contributed by atoms with Gasteiger partial charge in [0.2, 0.25) is 5.91 Å². The number of hydrogen-bond donors (Lipinski definition) is 1. The van der Waals surface area contributed by atoms with Gasteiger partial charge in [-0.15, -0.1) is 0 Å². The molecule has 2 aromatic rings. The van der Waals surface area contributed by atoms with Crippen LogP contribution in [0.5, 0.6) is 0 Å². The fourth-order valence-corrected chi connectivity index (χ4v) is 4.77. The first-order chi connectivity index (χ1) is 11.7. The molecule has 0 bridgehead atoms. The number of aromatic nitrogens is 2. The quantitative estimate of drug-likeness (QED) is 0.876. The average molecular weight is 386 g/mol. The molecule has 1 saturated heterocycles. The van der Waals surface area contributed by atoms with Crippen LogP contribution in [0.25, 0.3) is 0 Å². The second kappa shape index (κ2) is 6.76. The lowest BCUT2D eigenvalue weighted by molar-refractivity contribution is -0.115. The summed E-state index contributed by atoms with van der Waals surface area (Å²) < 4.78 is 38.1. The zero-order valence-corrected chi connectivity index (χ0v) is 15.1. The number of amides is 1. The second-order valence-electron chi connectivity index (χ2n) is 6.15. The Balaban J connectivity index is 1.74. The first-order valence-electron chi connectivity index (χ1n) is 7.74. The van der Waals surface area contributed by atoms with Gasteiger partial charge < -0.3 is 5.32 Å². The summed E-state index contributed by atoms with van der Waals surface area (Å²) in [5.41, 5.74) is 1.26. The van der Waals surface area contributed by atoms with Gasteiger partial charge in [0.15, 0.2) is 9.84 Å². The molecule has 134 valence electrons. The van der Waals surface area contributed by atoms with Gasteiger partial charge in [0, 0.05) is 6.07 Å². The standard InChI is InChI=1S/C16H17ClFN3O3S/c1-10-6-15(21(20-10)12-4-5-25(23,24)9-12)19-16(22)8-11-2-3-14(18)13(17)7-11/h2-3,6-7,12H,4-5,8-9H2,1H3,(H,19,22). The number of halogens is 2. The molecule has 1 atom stereocenters. The molecule has 0 saturated carbocycles. The van der Waals surface area contributed by atoms with Crippen LogP contribution in [-0.2, 0) is 21.1 Å². The number of carbonyl (C=O) groups is 1. The number of benzene rings is 1. The number of nitrogens with one attached hydrogen (secondary N) is 1. The van der Waals surface area contributed by atoms with E-state index in [-0.39, 0.29) is 34.9 Å². The van der Waals surface area contributed by atoms with Crippen molar-refractivity contribution in [1.82, 2.24) is 9.78 Å². The highest BCUT2D eigenvalue weighted by Crippen LogP contribution is 2.27. The van der Waals surface area contributed by atoms with E-state index in [2.05, 4.69) is 10.4 Å². The third-order valence-corrected chi connectivity index (χ3v) is 6.07. The monoisotopic (exact) mass is 385 g/mol. The molecule has 0 spiro atoms. The van der Waals surface area contributed by atoms with Crippen molar-refractivity contribution in [1.29, 1.82) is 0 Å². The van der Waals surface area contributed by atoms with Crippen LogP contribution >= 0.6 is 11.6 Å². The largest absolute Gasteiger partial charge is 0.311 e. The van der Waals surface area contributed by atoms with Crippen LogP contribution in [0.1, 0.15) is 23.7 Å². The number of anilines is 1. The Morgan fingerprint density at radius 2 is 2.20 bits per heavy atom. The summed E-state index contributed by atoms with van der Waals surface area (Å²) in [6.07, 6.45) is 0.493. The smallest absolute Gasteiger partial charge is 0.229 e. The van der Waals surface area contributed by atoms with E-state index in [0.717, 1.165) is 0 Å². The minimum Gasteiger partial charge on any atom is -0.311 e. The number of rotatable bonds is 4. The molecule has 2 heterocycles. The summed E-state index contributed by atoms with van der Waals surface area (Å²) >= 11 is 5.72. The molecule has 0 radical (unpaired) electrons. The molecule has 6 nitrogen and oxygen atoms in total. The maximum Gasteiger partial charge on any atom is 0.229 e. The fraction of sp³-hybridized carbons (Fsp3) is 0.375. The van der Waals surface area contributed by atoms with Crippen molar-refractivity contribution in [2.45, 2.75) is 25.8 Å². The van der Waals surface area contributed by atoms with Gasteiger partial charge in [0.05, 0.1) is 34.7 Å². The molecule has 3 rings (SSSR count). The topological polar surface area (TPSA) is 81.1 Å². The van der Waals surface area contributed by atoms with Crippen molar-refractivity contribution in [3.05, 3.63) is 46.4 Å². The van der Waals surface area contributed by atoms with E-state index in [1.807, 2.05) is 0 Å². The van der Waals surface area contributed by atoms with Crippen molar-refractivity contribution >= 4 is 33.2 Å². The van der Waals surface area contributed by atoms with Crippen molar-refractivity contribution < 1.29 is 17.6 Å². The molecule has 1 unspecified atom stereocenters. The Labute approximate surface area is 149 Å². The van der Waals surface area contributed by atoms with Crippen LogP contribution < -0.4 is 5.32 Å². The first kappa shape index (κ1) is 17.9. The Kier molecular flexibility index (Phi) is 4.83. The van der Waals surface area contributed by atoms with E-state index in [1.54, 1.807) is 17.7 Å². The Bertz CT molecular complexity index is 927. The van der Waals surface area contributed by atoms with Crippen LogP contribution in [0.2, 0.25) is 5.02 Å². The van der Waals surface area contributed by atoms with Gasteiger partial charge in [-0.1, -0.05) is 17.7 Å². The number of nitrogens with zero attached hydrogens (tertiary/aromatic N) is 2. The van der Waals surface area contributed by atoms with Crippen molar-refractivity contribution in [2.24, 2.45) is 0 Å². The minimum atomic E-state index is -3.06. The Hall–Kier alpha value is -1.93. The molecule has 1 N–H and O–H groups in total. The normalized spacial score (nSPS) is 19.1. The maximum absolute atomic E-state index is 13.2. The van der Waals surface area contributed by atoms with Gasteiger partial charge in [-0.3, -0.25) is 4.79 Å². The molecule has 9 heteroatoms. The lowest BCUT2D eigenvalue weighted by atomic mass is 10.1. The number of hydrogen-bond acceptors (Lipinski definition) is 4. The molecule has 1 aromatic heterocycles. The molecule has 1 fully saturated rings. The minimum absolute atomic E-state index is 0.0184. The zero-order valence-electron chi connectivity index (χ0n) is 13.5. The highest BCUT2D eigenvalue weighted by molar-refractivity contribution is 7.91. The molecule has 25 heavy (non-hydrogen) atoms. The van der Waals surface area contributed by atoms with E-state index in [1.165, 1.54) is 18.2 Å². The number of aryl methyl sites for hydroxylation is 1. The summed E-state index contributed by atoms with van der Waals surface area (Å²) in [7, 11) is -3.06. The van der Waals surface area contributed by atoms with Crippen LogP contribution in [0.3, 0.4) is 0 Å². The molecular formula is C16H17ClFN3O3S. The summed E-state index contributed by atoms with van der Waals surface area (Å²) in [5, 5.41) is 7.02. The van der Waals surface area contributed by atoms with Crippen molar-refractivity contribution in [3.63, 3.8) is 0 Å². The van der Waals surface area contributed by atoms with Crippen molar-refractivity contribution in [3.8, 4) is 0 Å². The molecule has 1 aromatic carbocycles. The Morgan fingerprint density at radius 1 is 1.44 bits per heavy atom. The number of sulfone groups is 1. The van der Waals surface area contributed by atoms with Gasteiger partial charge in [0.25, 0.3) is 0 Å². The first-order valence-corrected chi connectivity index (χ1v) is 9.94.